The summed E-state index contributed by atoms with van der Waals surface area (Å²) in [6, 6.07) is 10.5. The molecule has 2 aliphatic rings. The first-order chi connectivity index (χ1) is 11.2. The summed E-state index contributed by atoms with van der Waals surface area (Å²) in [5, 5.41) is 0. The quantitative estimate of drug-likeness (QED) is 0.908. The normalized spacial score (nSPS) is 25.4. The van der Waals surface area contributed by atoms with Gasteiger partial charge in [0, 0.05) is 38.3 Å². The van der Waals surface area contributed by atoms with Crippen molar-refractivity contribution < 1.29 is 9.53 Å². The van der Waals surface area contributed by atoms with Crippen LogP contribution >= 0.6 is 0 Å². The highest BCUT2D eigenvalue weighted by Crippen LogP contribution is 2.28. The van der Waals surface area contributed by atoms with E-state index in [1.165, 1.54) is 5.56 Å². The second kappa shape index (κ2) is 7.93. The fourth-order valence-electron chi connectivity index (χ4n) is 3.78. The number of rotatable bonds is 5. The lowest BCUT2D eigenvalue weighted by atomic mass is 9.97. The molecular weight excluding hydrogens is 288 g/mol. The van der Waals surface area contributed by atoms with Gasteiger partial charge in [0.15, 0.2) is 0 Å². The maximum Gasteiger partial charge on any atom is 0.226 e. The molecule has 2 fully saturated rings. The zero-order valence-electron chi connectivity index (χ0n) is 13.8. The van der Waals surface area contributed by atoms with E-state index in [1.54, 1.807) is 0 Å². The summed E-state index contributed by atoms with van der Waals surface area (Å²) in [5.74, 6) is 0.980. The Morgan fingerprint density at radius 2 is 1.87 bits per heavy atom. The van der Waals surface area contributed by atoms with Crippen molar-refractivity contribution in [2.45, 2.75) is 44.7 Å². The van der Waals surface area contributed by atoms with E-state index in [0.29, 0.717) is 18.4 Å². The van der Waals surface area contributed by atoms with Crippen molar-refractivity contribution in [1.29, 1.82) is 0 Å². The third-order valence-electron chi connectivity index (χ3n) is 5.17. The minimum atomic E-state index is 0.119. The Bertz CT molecular complexity index is 499. The number of amides is 1. The zero-order valence-corrected chi connectivity index (χ0v) is 13.8. The van der Waals surface area contributed by atoms with Crippen LogP contribution in [0.1, 0.15) is 37.7 Å². The number of ether oxygens (including phenoxy) is 1. The molecule has 1 aromatic rings. The highest BCUT2D eigenvalue weighted by molar-refractivity contribution is 5.79. The molecule has 3 rings (SSSR count). The Morgan fingerprint density at radius 3 is 2.52 bits per heavy atom. The topological polar surface area (TPSA) is 55.6 Å². The van der Waals surface area contributed by atoms with Gasteiger partial charge in [0.2, 0.25) is 5.91 Å². The second-order valence-corrected chi connectivity index (χ2v) is 7.03. The predicted octanol–water partition coefficient (Wildman–Crippen LogP) is 2.57. The van der Waals surface area contributed by atoms with Crippen LogP contribution < -0.4 is 5.73 Å². The van der Waals surface area contributed by atoms with Crippen molar-refractivity contribution in [3.05, 3.63) is 35.9 Å². The lowest BCUT2D eigenvalue weighted by Crippen LogP contribution is -2.40. The minimum absolute atomic E-state index is 0.119. The molecule has 0 bridgehead atoms. The molecule has 1 heterocycles. The molecule has 1 aliphatic heterocycles. The fraction of sp³-hybridized carbons (Fsp3) is 0.632. The van der Waals surface area contributed by atoms with Crippen molar-refractivity contribution in [3.8, 4) is 0 Å². The smallest absolute Gasteiger partial charge is 0.226 e. The molecule has 126 valence electrons. The van der Waals surface area contributed by atoms with Crippen LogP contribution in [0.5, 0.6) is 0 Å². The molecule has 0 aromatic heterocycles. The maximum absolute atomic E-state index is 13.0. The van der Waals surface area contributed by atoms with Gasteiger partial charge < -0.3 is 15.4 Å². The molecule has 1 saturated heterocycles. The van der Waals surface area contributed by atoms with Gasteiger partial charge in [-0.05, 0) is 43.6 Å². The summed E-state index contributed by atoms with van der Waals surface area (Å²) < 4.78 is 5.45. The Labute approximate surface area is 139 Å². The summed E-state index contributed by atoms with van der Waals surface area (Å²) in [6.45, 7) is 3.21. The van der Waals surface area contributed by atoms with E-state index in [9.17, 15) is 4.79 Å². The first-order valence-corrected chi connectivity index (χ1v) is 8.88. The molecule has 1 saturated carbocycles. The van der Waals surface area contributed by atoms with E-state index in [2.05, 4.69) is 17.0 Å². The number of benzene rings is 1. The Hall–Kier alpha value is -1.39. The van der Waals surface area contributed by atoms with Crippen molar-refractivity contribution in [3.63, 3.8) is 0 Å². The number of nitrogens with two attached hydrogens (primary N) is 1. The molecule has 1 aromatic carbocycles. The van der Waals surface area contributed by atoms with E-state index in [-0.39, 0.29) is 12.0 Å². The van der Waals surface area contributed by atoms with Crippen LogP contribution in [-0.2, 0) is 16.1 Å². The monoisotopic (exact) mass is 316 g/mol. The van der Waals surface area contributed by atoms with Crippen LogP contribution in [0.3, 0.4) is 0 Å². The van der Waals surface area contributed by atoms with Gasteiger partial charge >= 0.3 is 0 Å². The highest BCUT2D eigenvalue weighted by Gasteiger charge is 2.32. The number of hydrogen-bond donors (Lipinski definition) is 1. The number of carbonyl (C=O) groups is 1. The van der Waals surface area contributed by atoms with Crippen molar-refractivity contribution in [2.24, 2.45) is 17.6 Å². The molecule has 2 N–H and O–H groups in total. The summed E-state index contributed by atoms with van der Waals surface area (Å²) >= 11 is 0. The fourth-order valence-corrected chi connectivity index (χ4v) is 3.78. The third-order valence-corrected chi connectivity index (χ3v) is 5.17. The third kappa shape index (κ3) is 4.55. The molecule has 0 radical (unpaired) electrons. The second-order valence-electron chi connectivity index (χ2n) is 7.03. The number of carbonyl (C=O) groups excluding carboxylic acids is 1. The standard InChI is InChI=1S/C19H28N2O2/c20-18-7-6-17(12-18)19(22)21(13-15-4-2-1-3-5-15)14-16-8-10-23-11-9-16/h1-5,16-18H,6-14,20H2. The first-order valence-electron chi connectivity index (χ1n) is 8.88. The van der Waals surface area contributed by atoms with Crippen molar-refractivity contribution in [2.75, 3.05) is 19.8 Å². The summed E-state index contributed by atoms with van der Waals surface area (Å²) in [7, 11) is 0. The van der Waals surface area contributed by atoms with Gasteiger partial charge in [0.1, 0.15) is 0 Å². The Kier molecular flexibility index (Phi) is 5.68. The van der Waals surface area contributed by atoms with Gasteiger partial charge in [-0.25, -0.2) is 0 Å². The van der Waals surface area contributed by atoms with E-state index in [0.717, 1.165) is 51.9 Å². The molecular formula is C19H28N2O2. The molecule has 1 amide bonds. The van der Waals surface area contributed by atoms with Crippen LogP contribution in [0.25, 0.3) is 0 Å². The van der Waals surface area contributed by atoms with E-state index in [1.807, 2.05) is 18.2 Å². The number of hydrogen-bond acceptors (Lipinski definition) is 3. The molecule has 4 heteroatoms. The SMILES string of the molecule is NC1CCC(C(=O)N(Cc2ccccc2)CC2CCOCC2)C1. The largest absolute Gasteiger partial charge is 0.381 e. The predicted molar refractivity (Wildman–Crippen MR) is 90.7 cm³/mol. The lowest BCUT2D eigenvalue weighted by Gasteiger charge is -2.31. The molecule has 2 atom stereocenters. The average Bonchev–Trinajstić information content (AvgIpc) is 3.02. The summed E-state index contributed by atoms with van der Waals surface area (Å²) in [5.41, 5.74) is 7.22. The van der Waals surface area contributed by atoms with Crippen LogP contribution in [-0.4, -0.2) is 36.6 Å². The summed E-state index contributed by atoms with van der Waals surface area (Å²) in [6.07, 6.45) is 4.88. The highest BCUT2D eigenvalue weighted by atomic mass is 16.5. The first kappa shape index (κ1) is 16.5. The Morgan fingerprint density at radius 1 is 1.13 bits per heavy atom. The van der Waals surface area contributed by atoms with Gasteiger partial charge in [-0.1, -0.05) is 30.3 Å². The van der Waals surface area contributed by atoms with Gasteiger partial charge in [-0.2, -0.15) is 0 Å². The molecule has 23 heavy (non-hydrogen) atoms. The summed E-state index contributed by atoms with van der Waals surface area (Å²) in [4.78, 5) is 15.1. The van der Waals surface area contributed by atoms with Gasteiger partial charge in [0.05, 0.1) is 0 Å². The average molecular weight is 316 g/mol. The van der Waals surface area contributed by atoms with Gasteiger partial charge in [0.25, 0.3) is 0 Å². The van der Waals surface area contributed by atoms with E-state index >= 15 is 0 Å². The van der Waals surface area contributed by atoms with Crippen LogP contribution in [0, 0.1) is 11.8 Å². The van der Waals surface area contributed by atoms with Gasteiger partial charge in [-0.15, -0.1) is 0 Å². The molecule has 2 unspecified atom stereocenters. The van der Waals surface area contributed by atoms with Crippen LogP contribution in [0.15, 0.2) is 30.3 Å². The van der Waals surface area contributed by atoms with E-state index in [4.69, 9.17) is 10.5 Å². The lowest BCUT2D eigenvalue weighted by molar-refractivity contribution is -0.137. The molecule has 4 nitrogen and oxygen atoms in total. The zero-order chi connectivity index (χ0) is 16.1. The molecule has 0 spiro atoms. The maximum atomic E-state index is 13.0. The number of nitrogens with zero attached hydrogens (tertiary/aromatic N) is 1. The molecule has 1 aliphatic carbocycles. The van der Waals surface area contributed by atoms with Gasteiger partial charge in [-0.3, -0.25) is 4.79 Å². The Balaban J connectivity index is 1.68. The van der Waals surface area contributed by atoms with Crippen molar-refractivity contribution >= 4 is 5.91 Å². The minimum Gasteiger partial charge on any atom is -0.381 e. The van der Waals surface area contributed by atoms with E-state index < -0.39 is 0 Å². The van der Waals surface area contributed by atoms with Crippen LogP contribution in [0.2, 0.25) is 0 Å². The van der Waals surface area contributed by atoms with Crippen LogP contribution in [0.4, 0.5) is 0 Å². The van der Waals surface area contributed by atoms with Crippen molar-refractivity contribution in [1.82, 2.24) is 4.90 Å².